The maximum absolute atomic E-state index is 11.3. The number of rotatable bonds is 9. The fraction of sp³-hybridized carbons (Fsp3) is 0.700. The number of nitrogens with one attached hydrogen (secondary N) is 1. The van der Waals surface area contributed by atoms with Crippen molar-refractivity contribution in [3.05, 3.63) is 0 Å². The average molecular weight is 246 g/mol. The molecule has 7 nitrogen and oxygen atoms in total. The van der Waals surface area contributed by atoms with Crippen molar-refractivity contribution in [1.29, 1.82) is 0 Å². The van der Waals surface area contributed by atoms with Crippen molar-refractivity contribution < 1.29 is 24.2 Å². The molecule has 0 bridgehead atoms. The van der Waals surface area contributed by atoms with E-state index in [1.165, 1.54) is 0 Å². The van der Waals surface area contributed by atoms with E-state index in [2.05, 4.69) is 5.32 Å². The van der Waals surface area contributed by atoms with Crippen molar-refractivity contribution in [2.45, 2.75) is 32.2 Å². The normalized spacial score (nSPS) is 11.8. The Bertz CT molecular complexity index is 280. The number of nitrogens with two attached hydrogens (primary N) is 1. The summed E-state index contributed by atoms with van der Waals surface area (Å²) in [6, 6.07) is -1.27. The van der Waals surface area contributed by atoms with Gasteiger partial charge in [-0.15, -0.1) is 0 Å². The number of carbonyl (C=O) groups excluding carboxylic acids is 2. The van der Waals surface area contributed by atoms with Crippen molar-refractivity contribution in [3.8, 4) is 0 Å². The molecule has 17 heavy (non-hydrogen) atoms. The summed E-state index contributed by atoms with van der Waals surface area (Å²) >= 11 is 0. The monoisotopic (exact) mass is 246 g/mol. The number of carboxylic acids is 1. The lowest BCUT2D eigenvalue weighted by atomic mass is 10.2. The van der Waals surface area contributed by atoms with E-state index >= 15 is 0 Å². The summed E-state index contributed by atoms with van der Waals surface area (Å²) in [5.74, 6) is -2.54. The van der Waals surface area contributed by atoms with Gasteiger partial charge in [-0.25, -0.2) is 4.79 Å². The molecule has 0 heterocycles. The third-order valence-corrected chi connectivity index (χ3v) is 1.86. The average Bonchev–Trinajstić information content (AvgIpc) is 2.22. The summed E-state index contributed by atoms with van der Waals surface area (Å²) in [4.78, 5) is 32.6. The molecule has 0 aliphatic heterocycles. The summed E-state index contributed by atoms with van der Waals surface area (Å²) < 4.78 is 5.08. The molecular weight excluding hydrogens is 228 g/mol. The highest BCUT2D eigenvalue weighted by atomic mass is 16.5. The summed E-state index contributed by atoms with van der Waals surface area (Å²) in [5.41, 5.74) is 4.87. The number of carbonyl (C=O) groups is 3. The number of carboxylic acid groups (broad SMARTS) is 1. The van der Waals surface area contributed by atoms with E-state index in [0.717, 1.165) is 6.42 Å². The largest absolute Gasteiger partial charge is 0.480 e. The molecule has 1 atom stereocenters. The molecule has 2 amide bonds. The molecule has 0 fully saturated rings. The van der Waals surface area contributed by atoms with Crippen molar-refractivity contribution in [1.82, 2.24) is 5.32 Å². The standard InChI is InChI=1S/C10H18N2O5/c1-2-4-17-5-3-9(14)12-7(10(15)16)6-8(11)13/h7H,2-6H2,1H3,(H2,11,13)(H,12,14)(H,15,16)/t7-/m1/s1. The van der Waals surface area contributed by atoms with Gasteiger partial charge in [-0.1, -0.05) is 6.92 Å². The SMILES string of the molecule is CCCOCCC(=O)N[C@H](CC(N)=O)C(=O)O. The van der Waals surface area contributed by atoms with Gasteiger partial charge in [-0.2, -0.15) is 0 Å². The minimum absolute atomic E-state index is 0.0581. The second-order valence-electron chi connectivity index (χ2n) is 3.49. The zero-order chi connectivity index (χ0) is 13.3. The molecule has 0 saturated heterocycles. The predicted octanol–water partition coefficient (Wildman–Crippen LogP) is -0.752. The highest BCUT2D eigenvalue weighted by Crippen LogP contribution is 1.94. The molecular formula is C10H18N2O5. The summed E-state index contributed by atoms with van der Waals surface area (Å²) in [6.45, 7) is 2.72. The van der Waals surface area contributed by atoms with Crippen LogP contribution in [0.3, 0.4) is 0 Å². The first kappa shape index (κ1) is 15.4. The predicted molar refractivity (Wildman–Crippen MR) is 59.1 cm³/mol. The van der Waals surface area contributed by atoms with Gasteiger partial charge in [-0.3, -0.25) is 9.59 Å². The molecule has 0 spiro atoms. The molecule has 0 aliphatic carbocycles. The van der Waals surface area contributed by atoms with Gasteiger partial charge >= 0.3 is 5.97 Å². The topological polar surface area (TPSA) is 119 Å². The molecule has 0 aromatic carbocycles. The van der Waals surface area contributed by atoms with Crippen LogP contribution in [0.25, 0.3) is 0 Å². The van der Waals surface area contributed by atoms with Gasteiger partial charge in [0, 0.05) is 13.0 Å². The fourth-order valence-corrected chi connectivity index (χ4v) is 1.08. The van der Waals surface area contributed by atoms with E-state index in [0.29, 0.717) is 6.61 Å². The van der Waals surface area contributed by atoms with Crippen LogP contribution in [0.5, 0.6) is 0 Å². The lowest BCUT2D eigenvalue weighted by Crippen LogP contribution is -2.43. The van der Waals surface area contributed by atoms with Crippen LogP contribution in [0.2, 0.25) is 0 Å². The molecule has 0 rings (SSSR count). The third-order valence-electron chi connectivity index (χ3n) is 1.86. The number of hydrogen-bond acceptors (Lipinski definition) is 4. The van der Waals surface area contributed by atoms with Crippen molar-refractivity contribution >= 4 is 17.8 Å². The first-order valence-corrected chi connectivity index (χ1v) is 5.35. The highest BCUT2D eigenvalue weighted by Gasteiger charge is 2.21. The van der Waals surface area contributed by atoms with Crippen LogP contribution >= 0.6 is 0 Å². The van der Waals surface area contributed by atoms with Gasteiger partial charge in [0.15, 0.2) is 0 Å². The van der Waals surface area contributed by atoms with Crippen LogP contribution in [0.4, 0.5) is 0 Å². The maximum atomic E-state index is 11.3. The van der Waals surface area contributed by atoms with Gasteiger partial charge in [0.25, 0.3) is 0 Å². The smallest absolute Gasteiger partial charge is 0.326 e. The van der Waals surface area contributed by atoms with Crippen LogP contribution in [0.15, 0.2) is 0 Å². The lowest BCUT2D eigenvalue weighted by molar-refractivity contribution is -0.143. The second-order valence-corrected chi connectivity index (χ2v) is 3.49. The summed E-state index contributed by atoms with van der Waals surface area (Å²) in [7, 11) is 0. The maximum Gasteiger partial charge on any atom is 0.326 e. The van der Waals surface area contributed by atoms with Crippen LogP contribution in [-0.2, 0) is 19.1 Å². The van der Waals surface area contributed by atoms with Crippen LogP contribution in [0, 0.1) is 0 Å². The van der Waals surface area contributed by atoms with Gasteiger partial charge in [0.1, 0.15) is 6.04 Å². The number of amides is 2. The van der Waals surface area contributed by atoms with Gasteiger partial charge in [0.2, 0.25) is 11.8 Å². The molecule has 98 valence electrons. The second kappa shape index (κ2) is 8.51. The minimum Gasteiger partial charge on any atom is -0.480 e. The molecule has 7 heteroatoms. The number of aliphatic carboxylic acids is 1. The Hall–Kier alpha value is -1.63. The molecule has 0 saturated carbocycles. The fourth-order valence-electron chi connectivity index (χ4n) is 1.08. The van der Waals surface area contributed by atoms with Gasteiger partial charge < -0.3 is 20.9 Å². The van der Waals surface area contributed by atoms with Crippen LogP contribution in [-0.4, -0.2) is 42.1 Å². The third kappa shape index (κ3) is 8.21. The number of primary amides is 1. The Morgan fingerprint density at radius 2 is 2.00 bits per heavy atom. The Balaban J connectivity index is 3.96. The molecule has 4 N–H and O–H groups in total. The van der Waals surface area contributed by atoms with E-state index in [9.17, 15) is 14.4 Å². The molecule has 0 aromatic rings. The zero-order valence-corrected chi connectivity index (χ0v) is 9.77. The first-order chi connectivity index (χ1) is 7.97. The lowest BCUT2D eigenvalue weighted by Gasteiger charge is -2.12. The zero-order valence-electron chi connectivity index (χ0n) is 9.77. The van der Waals surface area contributed by atoms with Gasteiger partial charge in [-0.05, 0) is 6.42 Å². The Morgan fingerprint density at radius 1 is 1.35 bits per heavy atom. The Morgan fingerprint density at radius 3 is 2.47 bits per heavy atom. The van der Waals surface area contributed by atoms with E-state index in [4.69, 9.17) is 15.6 Å². The summed E-state index contributed by atoms with van der Waals surface area (Å²) in [5, 5.41) is 10.9. The van der Waals surface area contributed by atoms with Crippen molar-refractivity contribution in [3.63, 3.8) is 0 Å². The van der Waals surface area contributed by atoms with Crippen molar-refractivity contribution in [2.24, 2.45) is 5.73 Å². The minimum atomic E-state index is -1.29. The highest BCUT2D eigenvalue weighted by molar-refractivity contribution is 5.88. The quantitative estimate of drug-likeness (QED) is 0.462. The number of ether oxygens (including phenoxy) is 1. The molecule has 0 aliphatic rings. The van der Waals surface area contributed by atoms with Crippen LogP contribution < -0.4 is 11.1 Å². The Kier molecular flexibility index (Phi) is 7.70. The molecule has 0 radical (unpaired) electrons. The van der Waals surface area contributed by atoms with E-state index < -0.39 is 30.2 Å². The van der Waals surface area contributed by atoms with E-state index in [1.807, 2.05) is 6.92 Å². The molecule has 0 aromatic heterocycles. The molecule has 0 unspecified atom stereocenters. The van der Waals surface area contributed by atoms with Crippen molar-refractivity contribution in [2.75, 3.05) is 13.2 Å². The van der Waals surface area contributed by atoms with Crippen LogP contribution in [0.1, 0.15) is 26.2 Å². The van der Waals surface area contributed by atoms with E-state index in [1.54, 1.807) is 0 Å². The summed E-state index contributed by atoms with van der Waals surface area (Å²) in [6.07, 6.45) is 0.487. The van der Waals surface area contributed by atoms with Gasteiger partial charge in [0.05, 0.1) is 13.0 Å². The first-order valence-electron chi connectivity index (χ1n) is 5.35. The number of hydrogen-bond donors (Lipinski definition) is 3. The Labute approximate surface area is 99.3 Å². The van der Waals surface area contributed by atoms with E-state index in [-0.39, 0.29) is 13.0 Å².